The molecule has 0 aliphatic carbocycles. The van der Waals surface area contributed by atoms with Gasteiger partial charge in [-0.1, -0.05) is 0 Å². The third kappa shape index (κ3) is 2.72. The Kier molecular flexibility index (Phi) is 3.29. The van der Waals surface area contributed by atoms with E-state index in [2.05, 4.69) is 20.9 Å². The van der Waals surface area contributed by atoms with Gasteiger partial charge in [-0.2, -0.15) is 5.26 Å². The van der Waals surface area contributed by atoms with E-state index >= 15 is 0 Å². The molecule has 0 radical (unpaired) electrons. The van der Waals surface area contributed by atoms with Crippen LogP contribution in [0.15, 0.2) is 16.7 Å². The average molecular weight is 302 g/mol. The number of nitrogens with zero attached hydrogens (tertiary/aromatic N) is 3. The maximum atomic E-state index is 13.0. The lowest BCUT2D eigenvalue weighted by molar-refractivity contribution is -0.0221. The maximum Gasteiger partial charge on any atom is 0.251 e. The lowest BCUT2D eigenvalue weighted by atomic mass is 10.1. The normalized spacial score (nSPS) is 18.8. The number of hydrogen-bond donors (Lipinski definition) is 0. The van der Waals surface area contributed by atoms with Gasteiger partial charge < -0.3 is 4.90 Å². The Balaban J connectivity index is 2.22. The molecule has 0 bridgehead atoms. The Bertz CT molecular complexity index is 460. The van der Waals surface area contributed by atoms with E-state index in [1.54, 1.807) is 17.2 Å². The predicted molar refractivity (Wildman–Crippen MR) is 63.0 cm³/mol. The molecule has 2 heterocycles. The molecule has 1 aliphatic rings. The van der Waals surface area contributed by atoms with Crippen molar-refractivity contribution < 1.29 is 8.78 Å². The Morgan fingerprint density at radius 3 is 2.65 bits per heavy atom. The van der Waals surface area contributed by atoms with Crippen LogP contribution in [0, 0.1) is 11.3 Å². The molecule has 1 aromatic rings. The van der Waals surface area contributed by atoms with Crippen LogP contribution in [0.5, 0.6) is 0 Å². The molecule has 1 saturated heterocycles. The highest BCUT2D eigenvalue weighted by molar-refractivity contribution is 9.10. The van der Waals surface area contributed by atoms with Gasteiger partial charge in [-0.05, 0) is 22.0 Å². The van der Waals surface area contributed by atoms with Crippen LogP contribution < -0.4 is 4.90 Å². The molecule has 1 fully saturated rings. The molecule has 0 spiro atoms. The van der Waals surface area contributed by atoms with Crippen LogP contribution >= 0.6 is 15.9 Å². The van der Waals surface area contributed by atoms with E-state index in [9.17, 15) is 8.78 Å². The average Bonchev–Trinajstić information content (AvgIpc) is 2.29. The van der Waals surface area contributed by atoms with Gasteiger partial charge >= 0.3 is 0 Å². The molecule has 0 unspecified atom stereocenters. The summed E-state index contributed by atoms with van der Waals surface area (Å²) < 4.78 is 26.7. The Labute approximate surface area is 106 Å². The van der Waals surface area contributed by atoms with E-state index in [0.717, 1.165) is 0 Å². The molecule has 2 rings (SSSR count). The molecule has 0 atom stereocenters. The number of aromatic nitrogens is 1. The predicted octanol–water partition coefficient (Wildman–Crippen LogP) is 2.95. The lowest BCUT2D eigenvalue weighted by Crippen LogP contribution is -2.40. The summed E-state index contributed by atoms with van der Waals surface area (Å²) in [6, 6.07) is 3.68. The van der Waals surface area contributed by atoms with E-state index in [0.29, 0.717) is 15.9 Å². The van der Waals surface area contributed by atoms with Gasteiger partial charge in [-0.15, -0.1) is 0 Å². The van der Waals surface area contributed by atoms with E-state index < -0.39 is 5.92 Å². The monoisotopic (exact) mass is 301 g/mol. The van der Waals surface area contributed by atoms with Crippen LogP contribution in [0.3, 0.4) is 0 Å². The van der Waals surface area contributed by atoms with Crippen LogP contribution in [-0.4, -0.2) is 24.0 Å². The van der Waals surface area contributed by atoms with Gasteiger partial charge in [-0.3, -0.25) is 0 Å². The smallest absolute Gasteiger partial charge is 0.251 e. The second kappa shape index (κ2) is 4.57. The molecule has 3 nitrogen and oxygen atoms in total. The minimum absolute atomic E-state index is 0.185. The second-order valence-corrected chi connectivity index (χ2v) is 4.90. The fourth-order valence-electron chi connectivity index (χ4n) is 1.81. The van der Waals surface area contributed by atoms with Gasteiger partial charge in [0.15, 0.2) is 0 Å². The van der Waals surface area contributed by atoms with Crippen LogP contribution in [0.1, 0.15) is 18.4 Å². The first kappa shape index (κ1) is 12.2. The van der Waals surface area contributed by atoms with Gasteiger partial charge in [0.1, 0.15) is 11.9 Å². The molecular formula is C11H10BrF2N3. The topological polar surface area (TPSA) is 39.9 Å². The third-order valence-corrected chi connectivity index (χ3v) is 3.18. The summed E-state index contributed by atoms with van der Waals surface area (Å²) in [5, 5.41) is 8.99. The summed E-state index contributed by atoms with van der Waals surface area (Å²) in [7, 11) is 0. The number of halogens is 3. The minimum Gasteiger partial charge on any atom is -0.355 e. The summed E-state index contributed by atoms with van der Waals surface area (Å²) in [5.74, 6) is -2.09. The fraction of sp³-hybridized carbons (Fsp3) is 0.455. The quantitative estimate of drug-likeness (QED) is 0.800. The molecule has 1 aliphatic heterocycles. The highest BCUT2D eigenvalue weighted by Gasteiger charge is 2.34. The molecule has 90 valence electrons. The fourth-order valence-corrected chi connectivity index (χ4v) is 2.14. The van der Waals surface area contributed by atoms with Crippen molar-refractivity contribution >= 4 is 21.7 Å². The van der Waals surface area contributed by atoms with Crippen LogP contribution in [0.25, 0.3) is 0 Å². The number of nitriles is 1. The van der Waals surface area contributed by atoms with Crippen molar-refractivity contribution in [1.82, 2.24) is 4.98 Å². The third-order valence-electron chi connectivity index (χ3n) is 2.75. The Morgan fingerprint density at radius 1 is 1.41 bits per heavy atom. The number of rotatable bonds is 1. The number of anilines is 1. The van der Waals surface area contributed by atoms with Gasteiger partial charge in [-0.25, -0.2) is 13.8 Å². The van der Waals surface area contributed by atoms with Crippen molar-refractivity contribution in [3.63, 3.8) is 0 Å². The van der Waals surface area contributed by atoms with Gasteiger partial charge in [0.25, 0.3) is 5.92 Å². The molecule has 0 saturated carbocycles. The van der Waals surface area contributed by atoms with E-state index in [4.69, 9.17) is 5.26 Å². The molecular weight excluding hydrogens is 292 g/mol. The highest BCUT2D eigenvalue weighted by atomic mass is 79.9. The zero-order chi connectivity index (χ0) is 12.5. The first-order chi connectivity index (χ1) is 8.02. The zero-order valence-electron chi connectivity index (χ0n) is 8.96. The van der Waals surface area contributed by atoms with E-state index in [1.165, 1.54) is 0 Å². The Hall–Kier alpha value is -1.22. The molecule has 1 aromatic heterocycles. The van der Waals surface area contributed by atoms with E-state index in [1.807, 2.05) is 6.07 Å². The number of alkyl halides is 2. The first-order valence-corrected chi connectivity index (χ1v) is 5.99. The van der Waals surface area contributed by atoms with Gasteiger partial charge in [0.05, 0.1) is 5.56 Å². The van der Waals surface area contributed by atoms with E-state index in [-0.39, 0.29) is 25.9 Å². The largest absolute Gasteiger partial charge is 0.355 e. The molecule has 0 N–H and O–H groups in total. The standard InChI is InChI=1S/C11H10BrF2N3/c12-9-5-8(6-15)10(16-7-9)17-3-1-11(13,14)2-4-17/h5,7H,1-4H2. The van der Waals surface area contributed by atoms with Crippen molar-refractivity contribution in [2.45, 2.75) is 18.8 Å². The van der Waals surface area contributed by atoms with Gasteiger partial charge in [0, 0.05) is 36.6 Å². The summed E-state index contributed by atoms with van der Waals surface area (Å²) in [6.45, 7) is 0.465. The zero-order valence-corrected chi connectivity index (χ0v) is 10.5. The maximum absolute atomic E-state index is 13.0. The van der Waals surface area contributed by atoms with Crippen molar-refractivity contribution in [3.05, 3.63) is 22.3 Å². The van der Waals surface area contributed by atoms with Crippen molar-refractivity contribution in [2.75, 3.05) is 18.0 Å². The van der Waals surface area contributed by atoms with Crippen LogP contribution in [0.2, 0.25) is 0 Å². The molecule has 0 aromatic carbocycles. The highest BCUT2D eigenvalue weighted by Crippen LogP contribution is 2.31. The summed E-state index contributed by atoms with van der Waals surface area (Å²) in [4.78, 5) is 5.87. The summed E-state index contributed by atoms with van der Waals surface area (Å²) >= 11 is 3.23. The van der Waals surface area contributed by atoms with Crippen molar-refractivity contribution in [2.24, 2.45) is 0 Å². The van der Waals surface area contributed by atoms with Crippen molar-refractivity contribution in [3.8, 4) is 6.07 Å². The summed E-state index contributed by atoms with van der Waals surface area (Å²) in [5.41, 5.74) is 0.407. The minimum atomic E-state index is -2.58. The van der Waals surface area contributed by atoms with Gasteiger partial charge in [0.2, 0.25) is 0 Å². The summed E-state index contributed by atoms with van der Waals surface area (Å²) in [6.07, 6.45) is 1.20. The molecule has 17 heavy (non-hydrogen) atoms. The van der Waals surface area contributed by atoms with Crippen LogP contribution in [-0.2, 0) is 0 Å². The first-order valence-electron chi connectivity index (χ1n) is 5.20. The molecule has 6 heteroatoms. The van der Waals surface area contributed by atoms with Crippen molar-refractivity contribution in [1.29, 1.82) is 5.26 Å². The lowest BCUT2D eigenvalue weighted by Gasteiger charge is -2.32. The SMILES string of the molecule is N#Cc1cc(Br)cnc1N1CCC(F)(F)CC1. The number of hydrogen-bond acceptors (Lipinski definition) is 3. The molecule has 0 amide bonds. The number of pyridine rings is 1. The van der Waals surface area contributed by atoms with Crippen LogP contribution in [0.4, 0.5) is 14.6 Å². The second-order valence-electron chi connectivity index (χ2n) is 3.98. The Morgan fingerprint density at radius 2 is 2.06 bits per heavy atom. The number of piperidine rings is 1.